The van der Waals surface area contributed by atoms with Gasteiger partial charge in [0.25, 0.3) is 5.69 Å². The number of nitro groups is 1. The average molecular weight is 325 g/mol. The van der Waals surface area contributed by atoms with E-state index in [4.69, 9.17) is 0 Å². The van der Waals surface area contributed by atoms with E-state index >= 15 is 0 Å². The van der Waals surface area contributed by atoms with E-state index in [9.17, 15) is 18.5 Å². The second kappa shape index (κ2) is 5.12. The first-order valence-electron chi connectivity index (χ1n) is 7.29. The molecule has 22 heavy (non-hydrogen) atoms. The van der Waals surface area contributed by atoms with Crippen LogP contribution in [0.4, 0.5) is 17.1 Å². The third kappa shape index (κ3) is 3.16. The highest BCUT2D eigenvalue weighted by atomic mass is 32.2. The van der Waals surface area contributed by atoms with Crippen molar-refractivity contribution < 1.29 is 13.3 Å². The van der Waals surface area contributed by atoms with E-state index in [1.165, 1.54) is 25.0 Å². The van der Waals surface area contributed by atoms with E-state index in [1.54, 1.807) is 6.07 Å². The van der Waals surface area contributed by atoms with Gasteiger partial charge in [0.15, 0.2) is 0 Å². The van der Waals surface area contributed by atoms with E-state index in [0.29, 0.717) is 16.8 Å². The largest absolute Gasteiger partial charge is 0.366 e. The molecule has 1 aliphatic heterocycles. The Labute approximate surface area is 129 Å². The zero-order valence-electron chi connectivity index (χ0n) is 12.4. The average Bonchev–Trinajstić information content (AvgIpc) is 3.17. The Morgan fingerprint density at radius 3 is 2.36 bits per heavy atom. The normalized spacial score (nSPS) is 20.0. The second-order valence-electron chi connectivity index (χ2n) is 6.32. The molecule has 0 bridgehead atoms. The minimum atomic E-state index is -3.40. The predicted octanol–water partition coefficient (Wildman–Crippen LogP) is 2.35. The van der Waals surface area contributed by atoms with Gasteiger partial charge >= 0.3 is 0 Å². The van der Waals surface area contributed by atoms with Crippen LogP contribution in [0.15, 0.2) is 18.2 Å². The summed E-state index contributed by atoms with van der Waals surface area (Å²) in [5.74, 6) is 0. The van der Waals surface area contributed by atoms with Gasteiger partial charge in [0.05, 0.1) is 16.9 Å². The van der Waals surface area contributed by atoms with E-state index in [-0.39, 0.29) is 5.69 Å². The number of anilines is 2. The van der Waals surface area contributed by atoms with Gasteiger partial charge in [-0.25, -0.2) is 8.42 Å². The molecule has 1 heterocycles. The van der Waals surface area contributed by atoms with Crippen molar-refractivity contribution >= 4 is 27.1 Å². The summed E-state index contributed by atoms with van der Waals surface area (Å²) < 4.78 is 25.1. The van der Waals surface area contributed by atoms with Crippen molar-refractivity contribution in [2.24, 2.45) is 5.41 Å². The van der Waals surface area contributed by atoms with Crippen molar-refractivity contribution in [2.45, 2.75) is 25.7 Å². The molecule has 0 radical (unpaired) electrons. The van der Waals surface area contributed by atoms with Crippen LogP contribution < -0.4 is 9.62 Å². The molecule has 0 atom stereocenters. The molecule has 2 aliphatic rings. The third-order valence-electron chi connectivity index (χ3n) is 4.60. The fourth-order valence-electron chi connectivity index (χ4n) is 3.11. The van der Waals surface area contributed by atoms with Gasteiger partial charge in [-0.3, -0.25) is 14.8 Å². The fourth-order valence-corrected chi connectivity index (χ4v) is 3.66. The summed E-state index contributed by atoms with van der Waals surface area (Å²) in [4.78, 5) is 12.8. The number of benzene rings is 1. The Kier molecular flexibility index (Phi) is 3.51. The highest BCUT2D eigenvalue weighted by molar-refractivity contribution is 7.92. The summed E-state index contributed by atoms with van der Waals surface area (Å²) in [6.07, 6.45) is 5.69. The summed E-state index contributed by atoms with van der Waals surface area (Å²) in [5.41, 5.74) is 1.35. The zero-order valence-corrected chi connectivity index (χ0v) is 13.2. The van der Waals surface area contributed by atoms with Gasteiger partial charge in [-0.1, -0.05) is 0 Å². The maximum atomic E-state index is 11.3. The lowest BCUT2D eigenvalue weighted by molar-refractivity contribution is -0.384. The highest BCUT2D eigenvalue weighted by Gasteiger charge is 2.44. The number of sulfonamides is 1. The number of piperidine rings is 1. The predicted molar refractivity (Wildman–Crippen MR) is 84.7 cm³/mol. The van der Waals surface area contributed by atoms with Crippen LogP contribution in [0.3, 0.4) is 0 Å². The van der Waals surface area contributed by atoms with Crippen molar-refractivity contribution in [1.82, 2.24) is 0 Å². The molecule has 0 unspecified atom stereocenters. The zero-order chi connectivity index (χ0) is 16.0. The smallest absolute Gasteiger partial charge is 0.292 e. The molecule has 120 valence electrons. The summed E-state index contributed by atoms with van der Waals surface area (Å²) in [5, 5.41) is 11.2. The summed E-state index contributed by atoms with van der Waals surface area (Å²) >= 11 is 0. The monoisotopic (exact) mass is 325 g/mol. The maximum Gasteiger partial charge on any atom is 0.292 e. The topological polar surface area (TPSA) is 92.5 Å². The van der Waals surface area contributed by atoms with Gasteiger partial charge in [-0.2, -0.15) is 0 Å². The van der Waals surface area contributed by atoms with Crippen LogP contribution >= 0.6 is 0 Å². The molecule has 8 heteroatoms. The highest BCUT2D eigenvalue weighted by Crippen LogP contribution is 2.54. The minimum absolute atomic E-state index is 0.0193. The van der Waals surface area contributed by atoms with E-state index in [0.717, 1.165) is 32.2 Å². The number of hydrogen-bond acceptors (Lipinski definition) is 5. The second-order valence-corrected chi connectivity index (χ2v) is 8.07. The Morgan fingerprint density at radius 2 is 1.86 bits per heavy atom. The molecular formula is C14H19N3O4S. The van der Waals surface area contributed by atoms with Crippen molar-refractivity contribution in [3.8, 4) is 0 Å². The van der Waals surface area contributed by atoms with Crippen LogP contribution in [0, 0.1) is 15.5 Å². The van der Waals surface area contributed by atoms with E-state index in [1.807, 2.05) is 4.90 Å². The van der Waals surface area contributed by atoms with Crippen LogP contribution in [0.2, 0.25) is 0 Å². The first-order valence-corrected chi connectivity index (χ1v) is 9.18. The van der Waals surface area contributed by atoms with Crippen LogP contribution in [-0.2, 0) is 10.0 Å². The molecule has 1 saturated carbocycles. The van der Waals surface area contributed by atoms with Crippen LogP contribution in [0.1, 0.15) is 25.7 Å². The minimum Gasteiger partial charge on any atom is -0.366 e. The first-order chi connectivity index (χ1) is 10.3. The Hall–Kier alpha value is -1.83. The summed E-state index contributed by atoms with van der Waals surface area (Å²) in [6.45, 7) is 1.56. The van der Waals surface area contributed by atoms with Gasteiger partial charge in [-0.15, -0.1) is 0 Å². The number of nitrogens with zero attached hydrogens (tertiary/aromatic N) is 2. The van der Waals surface area contributed by atoms with Crippen LogP contribution in [-0.4, -0.2) is 32.7 Å². The third-order valence-corrected chi connectivity index (χ3v) is 5.20. The van der Waals surface area contributed by atoms with Gasteiger partial charge in [0.1, 0.15) is 5.69 Å². The number of nitro benzene ring substituents is 1. The van der Waals surface area contributed by atoms with Gasteiger partial charge in [-0.05, 0) is 43.2 Å². The van der Waals surface area contributed by atoms with Crippen molar-refractivity contribution in [3.05, 3.63) is 28.3 Å². The summed E-state index contributed by atoms with van der Waals surface area (Å²) in [6, 6.07) is 4.35. The fraction of sp³-hybridized carbons (Fsp3) is 0.571. The molecule has 7 nitrogen and oxygen atoms in total. The molecule has 1 aliphatic carbocycles. The number of nitrogens with one attached hydrogen (secondary N) is 1. The molecule has 1 aromatic rings. The van der Waals surface area contributed by atoms with Crippen molar-refractivity contribution in [1.29, 1.82) is 0 Å². The lowest BCUT2D eigenvalue weighted by Gasteiger charge is -2.33. The SMILES string of the molecule is CS(=O)(=O)Nc1ccc([N+](=O)[O-])c(N2CCC3(CC2)CC3)c1. The molecule has 0 amide bonds. The molecule has 1 N–H and O–H groups in total. The van der Waals surface area contributed by atoms with E-state index in [2.05, 4.69) is 4.72 Å². The Balaban J connectivity index is 1.89. The standard InChI is InChI=1S/C14H19N3O4S/c1-22(20,21)15-11-2-3-12(17(18)19)13(10-11)16-8-6-14(4-5-14)7-9-16/h2-3,10,15H,4-9H2,1H3. The lowest BCUT2D eigenvalue weighted by Crippen LogP contribution is -2.34. The first kappa shape index (κ1) is 15.1. The van der Waals surface area contributed by atoms with Crippen LogP contribution in [0.25, 0.3) is 0 Å². The number of hydrogen-bond donors (Lipinski definition) is 1. The Morgan fingerprint density at radius 1 is 1.23 bits per heavy atom. The molecule has 3 rings (SSSR count). The van der Waals surface area contributed by atoms with Gasteiger partial charge in [0.2, 0.25) is 10.0 Å². The van der Waals surface area contributed by atoms with Gasteiger partial charge < -0.3 is 4.90 Å². The molecule has 0 aromatic heterocycles. The van der Waals surface area contributed by atoms with Crippen molar-refractivity contribution in [2.75, 3.05) is 29.0 Å². The Bertz CT molecular complexity index is 703. The van der Waals surface area contributed by atoms with Gasteiger partial charge in [0, 0.05) is 19.2 Å². The number of rotatable bonds is 4. The van der Waals surface area contributed by atoms with Crippen molar-refractivity contribution in [3.63, 3.8) is 0 Å². The van der Waals surface area contributed by atoms with E-state index < -0.39 is 14.9 Å². The quantitative estimate of drug-likeness (QED) is 0.677. The summed E-state index contributed by atoms with van der Waals surface area (Å²) in [7, 11) is -3.40. The molecular weight excluding hydrogens is 306 g/mol. The molecule has 1 aromatic carbocycles. The van der Waals surface area contributed by atoms with Crippen LogP contribution in [0.5, 0.6) is 0 Å². The molecule has 1 saturated heterocycles. The molecule has 1 spiro atoms. The maximum absolute atomic E-state index is 11.3. The lowest BCUT2D eigenvalue weighted by atomic mass is 9.93. The molecule has 2 fully saturated rings.